The zero-order chi connectivity index (χ0) is 21.0. The van der Waals surface area contributed by atoms with Gasteiger partial charge in [0.1, 0.15) is 11.5 Å². The minimum Gasteiger partial charge on any atom is -0.497 e. The normalized spacial score (nSPS) is 12.3. The van der Waals surface area contributed by atoms with E-state index in [2.05, 4.69) is 0 Å². The maximum Gasteiger partial charge on any atom is 0.264 e. The fraction of sp³-hybridized carbons (Fsp3) is 0.182. The first-order valence-electron chi connectivity index (χ1n) is 8.95. The summed E-state index contributed by atoms with van der Waals surface area (Å²) in [7, 11) is -0.751. The quantitative estimate of drug-likeness (QED) is 0.508. The average molecular weight is 432 g/mol. The van der Waals surface area contributed by atoms with Crippen LogP contribution in [0.2, 0.25) is 5.02 Å². The molecule has 0 saturated heterocycles. The number of halogens is 1. The molecular formula is C22H22ClNO4S. The van der Waals surface area contributed by atoms with Crippen LogP contribution in [0.5, 0.6) is 11.5 Å². The lowest BCUT2D eigenvalue weighted by Crippen LogP contribution is -2.33. The van der Waals surface area contributed by atoms with Crippen LogP contribution in [-0.4, -0.2) is 22.6 Å². The number of benzene rings is 3. The van der Waals surface area contributed by atoms with Gasteiger partial charge in [0, 0.05) is 5.02 Å². The Morgan fingerprint density at radius 3 is 2.07 bits per heavy atom. The molecule has 1 atom stereocenters. The Morgan fingerprint density at radius 2 is 1.48 bits per heavy atom. The molecule has 3 rings (SSSR count). The van der Waals surface area contributed by atoms with Crippen LogP contribution in [0.15, 0.2) is 77.7 Å². The van der Waals surface area contributed by atoms with E-state index < -0.39 is 16.1 Å². The molecule has 0 bridgehead atoms. The van der Waals surface area contributed by atoms with Gasteiger partial charge < -0.3 is 9.47 Å². The van der Waals surface area contributed by atoms with Crippen molar-refractivity contribution in [2.75, 3.05) is 18.5 Å². The monoisotopic (exact) mass is 431 g/mol. The van der Waals surface area contributed by atoms with Crippen LogP contribution in [0.4, 0.5) is 5.69 Å². The van der Waals surface area contributed by atoms with E-state index in [-0.39, 0.29) is 4.90 Å². The summed E-state index contributed by atoms with van der Waals surface area (Å²) in [6, 6.07) is 19.9. The van der Waals surface area contributed by atoms with Crippen molar-refractivity contribution < 1.29 is 17.9 Å². The van der Waals surface area contributed by atoms with Crippen molar-refractivity contribution in [1.29, 1.82) is 0 Å². The first-order valence-corrected chi connectivity index (χ1v) is 10.8. The highest BCUT2D eigenvalue weighted by molar-refractivity contribution is 7.92. The molecular weight excluding hydrogens is 410 g/mol. The maximum absolute atomic E-state index is 13.6. The number of hydrogen-bond donors (Lipinski definition) is 0. The van der Waals surface area contributed by atoms with Crippen LogP contribution < -0.4 is 13.8 Å². The lowest BCUT2D eigenvalue weighted by molar-refractivity contribution is 0.414. The molecule has 0 saturated carbocycles. The van der Waals surface area contributed by atoms with Crippen molar-refractivity contribution in [2.24, 2.45) is 0 Å². The first kappa shape index (κ1) is 21.0. The zero-order valence-electron chi connectivity index (χ0n) is 16.4. The van der Waals surface area contributed by atoms with E-state index in [1.807, 2.05) is 31.2 Å². The summed E-state index contributed by atoms with van der Waals surface area (Å²) in [5.41, 5.74) is 1.32. The molecule has 3 aromatic carbocycles. The van der Waals surface area contributed by atoms with Gasteiger partial charge in [-0.15, -0.1) is 0 Å². The Bertz CT molecular complexity index is 1070. The van der Waals surface area contributed by atoms with E-state index >= 15 is 0 Å². The van der Waals surface area contributed by atoms with Gasteiger partial charge in [-0.2, -0.15) is 0 Å². The van der Waals surface area contributed by atoms with Gasteiger partial charge in [-0.25, -0.2) is 8.42 Å². The number of nitrogens with zero attached hydrogens (tertiary/aromatic N) is 1. The Labute approximate surface area is 176 Å². The van der Waals surface area contributed by atoms with Crippen LogP contribution in [0.3, 0.4) is 0 Å². The summed E-state index contributed by atoms with van der Waals surface area (Å²) in [4.78, 5) is 0.169. The molecule has 0 unspecified atom stereocenters. The van der Waals surface area contributed by atoms with Gasteiger partial charge in [-0.1, -0.05) is 23.7 Å². The van der Waals surface area contributed by atoms with Crippen LogP contribution in [0, 0.1) is 0 Å². The van der Waals surface area contributed by atoms with Crippen LogP contribution >= 0.6 is 11.6 Å². The number of sulfonamides is 1. The first-order chi connectivity index (χ1) is 13.9. The van der Waals surface area contributed by atoms with Crippen LogP contribution in [0.25, 0.3) is 0 Å². The van der Waals surface area contributed by atoms with E-state index in [1.165, 1.54) is 23.5 Å². The number of ether oxygens (including phenoxy) is 2. The Balaban J connectivity index is 2.12. The maximum atomic E-state index is 13.6. The van der Waals surface area contributed by atoms with E-state index in [0.717, 1.165) is 5.56 Å². The summed E-state index contributed by atoms with van der Waals surface area (Å²) in [6.45, 7) is 1.84. The van der Waals surface area contributed by atoms with Gasteiger partial charge in [-0.05, 0) is 73.2 Å². The van der Waals surface area contributed by atoms with Crippen molar-refractivity contribution in [1.82, 2.24) is 0 Å². The third-order valence-electron chi connectivity index (χ3n) is 4.63. The fourth-order valence-corrected chi connectivity index (χ4v) is 4.83. The van der Waals surface area contributed by atoms with Crippen LogP contribution in [-0.2, 0) is 10.0 Å². The molecule has 0 spiro atoms. The van der Waals surface area contributed by atoms with Crippen molar-refractivity contribution in [3.8, 4) is 11.5 Å². The molecule has 0 amide bonds. The van der Waals surface area contributed by atoms with Crippen LogP contribution in [0.1, 0.15) is 18.5 Å². The molecule has 5 nitrogen and oxygen atoms in total. The molecule has 3 aromatic rings. The second kappa shape index (κ2) is 8.76. The zero-order valence-corrected chi connectivity index (χ0v) is 17.9. The molecule has 0 aliphatic heterocycles. The second-order valence-corrected chi connectivity index (χ2v) is 8.66. The van der Waals surface area contributed by atoms with Crippen molar-refractivity contribution >= 4 is 27.3 Å². The number of anilines is 1. The van der Waals surface area contributed by atoms with E-state index in [1.54, 1.807) is 43.5 Å². The third kappa shape index (κ3) is 4.49. The molecule has 0 radical (unpaired) electrons. The summed E-state index contributed by atoms with van der Waals surface area (Å²) < 4.78 is 39.1. The molecule has 7 heteroatoms. The lowest BCUT2D eigenvalue weighted by atomic mass is 10.1. The van der Waals surface area contributed by atoms with Crippen molar-refractivity contribution in [3.63, 3.8) is 0 Å². The van der Waals surface area contributed by atoms with Gasteiger partial charge in [0.25, 0.3) is 10.0 Å². The number of hydrogen-bond acceptors (Lipinski definition) is 4. The van der Waals surface area contributed by atoms with Gasteiger partial charge in [0.2, 0.25) is 0 Å². The molecule has 0 aliphatic rings. The highest BCUT2D eigenvalue weighted by Crippen LogP contribution is 2.35. The fourth-order valence-electron chi connectivity index (χ4n) is 3.06. The standard InChI is InChI=1S/C22H22ClNO4S/c1-16(17-5-4-6-21(15-17)28-3)24(19-9-7-18(23)8-10-19)29(25,26)22-13-11-20(27-2)12-14-22/h4-16H,1-3H3/t16-/m0/s1. The third-order valence-corrected chi connectivity index (χ3v) is 6.79. The molecule has 0 fully saturated rings. The van der Waals surface area contributed by atoms with E-state index in [0.29, 0.717) is 22.2 Å². The molecule has 152 valence electrons. The Kier molecular flexibility index (Phi) is 6.35. The predicted molar refractivity (Wildman–Crippen MR) is 116 cm³/mol. The summed E-state index contributed by atoms with van der Waals surface area (Å²) in [6.07, 6.45) is 0. The number of methoxy groups -OCH3 is 2. The molecule has 0 aliphatic carbocycles. The smallest absolute Gasteiger partial charge is 0.264 e. The van der Waals surface area contributed by atoms with Gasteiger partial charge in [-0.3, -0.25) is 4.31 Å². The predicted octanol–water partition coefficient (Wildman–Crippen LogP) is 5.31. The minimum atomic E-state index is -3.87. The topological polar surface area (TPSA) is 55.8 Å². The minimum absolute atomic E-state index is 0.169. The summed E-state index contributed by atoms with van der Waals surface area (Å²) in [5, 5.41) is 0.532. The lowest BCUT2D eigenvalue weighted by Gasteiger charge is -2.31. The second-order valence-electron chi connectivity index (χ2n) is 6.41. The van der Waals surface area contributed by atoms with E-state index in [9.17, 15) is 8.42 Å². The highest BCUT2D eigenvalue weighted by atomic mass is 35.5. The Hall–Kier alpha value is -2.70. The average Bonchev–Trinajstić information content (AvgIpc) is 2.75. The van der Waals surface area contributed by atoms with Gasteiger partial charge in [0.15, 0.2) is 0 Å². The molecule has 0 aromatic heterocycles. The Morgan fingerprint density at radius 1 is 0.862 bits per heavy atom. The molecule has 0 N–H and O–H groups in total. The SMILES string of the molecule is COc1ccc(S(=O)(=O)N(c2ccc(Cl)cc2)[C@@H](C)c2cccc(OC)c2)cc1. The summed E-state index contributed by atoms with van der Waals surface area (Å²) >= 11 is 6.02. The van der Waals surface area contributed by atoms with Gasteiger partial charge in [0.05, 0.1) is 30.8 Å². The van der Waals surface area contributed by atoms with E-state index in [4.69, 9.17) is 21.1 Å². The van der Waals surface area contributed by atoms with Crippen molar-refractivity contribution in [2.45, 2.75) is 17.9 Å². The summed E-state index contributed by atoms with van der Waals surface area (Å²) in [5.74, 6) is 1.25. The van der Waals surface area contributed by atoms with Gasteiger partial charge >= 0.3 is 0 Å². The molecule has 29 heavy (non-hydrogen) atoms. The number of rotatable bonds is 7. The highest BCUT2D eigenvalue weighted by Gasteiger charge is 2.30. The van der Waals surface area contributed by atoms with Crippen molar-refractivity contribution in [3.05, 3.63) is 83.4 Å². The molecule has 0 heterocycles. The largest absolute Gasteiger partial charge is 0.497 e.